The van der Waals surface area contributed by atoms with Gasteiger partial charge in [0.2, 0.25) is 5.91 Å². The van der Waals surface area contributed by atoms with Gasteiger partial charge in [0.15, 0.2) is 0 Å². The zero-order valence-electron chi connectivity index (χ0n) is 12.2. The van der Waals surface area contributed by atoms with Gasteiger partial charge >= 0.3 is 0 Å². The van der Waals surface area contributed by atoms with Crippen LogP contribution in [0, 0.1) is 12.7 Å². The molecule has 1 aromatic carbocycles. The molecular formula is C15H22BrFN2O. The average molecular weight is 345 g/mol. The van der Waals surface area contributed by atoms with Crippen molar-refractivity contribution in [3.63, 3.8) is 0 Å². The van der Waals surface area contributed by atoms with E-state index in [1.807, 2.05) is 6.92 Å². The molecule has 0 heterocycles. The molecule has 0 spiro atoms. The van der Waals surface area contributed by atoms with Crippen molar-refractivity contribution in [2.24, 2.45) is 0 Å². The van der Waals surface area contributed by atoms with Crippen molar-refractivity contribution >= 4 is 27.5 Å². The van der Waals surface area contributed by atoms with Crippen molar-refractivity contribution in [3.05, 3.63) is 28.0 Å². The molecule has 112 valence electrons. The summed E-state index contributed by atoms with van der Waals surface area (Å²) in [6, 6.07) is 2.75. The lowest BCUT2D eigenvalue weighted by molar-refractivity contribution is -0.121. The molecule has 0 saturated heterocycles. The number of carbonyl (C=O) groups excluding carboxylic acids is 1. The van der Waals surface area contributed by atoms with Gasteiger partial charge in [-0.05, 0) is 53.9 Å². The second-order valence-electron chi connectivity index (χ2n) is 4.95. The topological polar surface area (TPSA) is 41.1 Å². The number of carbonyl (C=O) groups is 1. The summed E-state index contributed by atoms with van der Waals surface area (Å²) in [5.41, 5.74) is 1.53. The molecule has 1 rings (SSSR count). The number of rotatable bonds is 7. The third-order valence-electron chi connectivity index (χ3n) is 3.11. The van der Waals surface area contributed by atoms with Crippen LogP contribution in [-0.4, -0.2) is 18.5 Å². The lowest BCUT2D eigenvalue weighted by atomic mass is 10.1. The van der Waals surface area contributed by atoms with Crippen molar-refractivity contribution in [2.45, 2.75) is 46.1 Å². The van der Waals surface area contributed by atoms with Gasteiger partial charge in [-0.3, -0.25) is 4.79 Å². The summed E-state index contributed by atoms with van der Waals surface area (Å²) in [7, 11) is 0. The van der Waals surface area contributed by atoms with Crippen LogP contribution >= 0.6 is 15.9 Å². The summed E-state index contributed by atoms with van der Waals surface area (Å²) in [6.45, 7) is 6.43. The highest BCUT2D eigenvalue weighted by Crippen LogP contribution is 2.24. The largest absolute Gasteiger partial charge is 0.374 e. The molecule has 0 aliphatic rings. The summed E-state index contributed by atoms with van der Waals surface area (Å²) in [5.74, 6) is -0.342. The van der Waals surface area contributed by atoms with Crippen LogP contribution in [-0.2, 0) is 4.79 Å². The first-order valence-corrected chi connectivity index (χ1v) is 7.75. The van der Waals surface area contributed by atoms with Crippen molar-refractivity contribution in [1.82, 2.24) is 5.32 Å². The van der Waals surface area contributed by atoms with Crippen LogP contribution in [0.2, 0.25) is 0 Å². The molecule has 20 heavy (non-hydrogen) atoms. The number of aryl methyl sites for hydroxylation is 1. The molecule has 3 nitrogen and oxygen atoms in total. The van der Waals surface area contributed by atoms with Crippen LogP contribution in [0.3, 0.4) is 0 Å². The molecule has 0 aliphatic heterocycles. The zero-order chi connectivity index (χ0) is 15.1. The van der Waals surface area contributed by atoms with Crippen molar-refractivity contribution in [3.8, 4) is 0 Å². The standard InChI is InChI=1S/C15H22BrFN2O/c1-4-5-6-7-18-15(20)11(3)19-14-9-12(16)13(17)8-10(14)2/h8-9,11,19H,4-7H2,1-3H3,(H,18,20). The Morgan fingerprint density at radius 2 is 2.10 bits per heavy atom. The van der Waals surface area contributed by atoms with Gasteiger partial charge in [0.05, 0.1) is 4.47 Å². The Bertz CT molecular complexity index is 465. The van der Waals surface area contributed by atoms with E-state index >= 15 is 0 Å². The van der Waals surface area contributed by atoms with Crippen LogP contribution in [0.1, 0.15) is 38.7 Å². The number of amides is 1. The Morgan fingerprint density at radius 1 is 1.40 bits per heavy atom. The van der Waals surface area contributed by atoms with Gasteiger partial charge in [-0.15, -0.1) is 0 Å². The monoisotopic (exact) mass is 344 g/mol. The summed E-state index contributed by atoms with van der Waals surface area (Å²) >= 11 is 3.15. The number of hydrogen-bond acceptors (Lipinski definition) is 2. The van der Waals surface area contributed by atoms with E-state index < -0.39 is 0 Å². The Balaban J connectivity index is 2.55. The van der Waals surface area contributed by atoms with Gasteiger partial charge < -0.3 is 10.6 Å². The Morgan fingerprint density at radius 3 is 2.75 bits per heavy atom. The molecule has 0 aromatic heterocycles. The lowest BCUT2D eigenvalue weighted by Crippen LogP contribution is -2.38. The van der Waals surface area contributed by atoms with E-state index in [0.717, 1.165) is 30.5 Å². The van der Waals surface area contributed by atoms with Crippen molar-refractivity contribution in [1.29, 1.82) is 0 Å². The van der Waals surface area contributed by atoms with E-state index in [2.05, 4.69) is 33.5 Å². The Hall–Kier alpha value is -1.10. The highest BCUT2D eigenvalue weighted by atomic mass is 79.9. The second-order valence-corrected chi connectivity index (χ2v) is 5.80. The van der Waals surface area contributed by atoms with Crippen LogP contribution < -0.4 is 10.6 Å². The van der Waals surface area contributed by atoms with Crippen LogP contribution in [0.4, 0.5) is 10.1 Å². The Labute approximate surface area is 128 Å². The molecule has 0 fully saturated rings. The molecule has 2 N–H and O–H groups in total. The third-order valence-corrected chi connectivity index (χ3v) is 3.72. The summed E-state index contributed by atoms with van der Waals surface area (Å²) < 4.78 is 13.7. The van der Waals surface area contributed by atoms with Crippen LogP contribution in [0.5, 0.6) is 0 Å². The maximum absolute atomic E-state index is 13.3. The van der Waals surface area contributed by atoms with Gasteiger partial charge in [-0.25, -0.2) is 4.39 Å². The highest BCUT2D eigenvalue weighted by molar-refractivity contribution is 9.10. The quantitative estimate of drug-likeness (QED) is 0.734. The summed E-state index contributed by atoms with van der Waals surface area (Å²) in [4.78, 5) is 11.9. The molecule has 0 bridgehead atoms. The van der Waals surface area contributed by atoms with E-state index in [-0.39, 0.29) is 17.8 Å². The van der Waals surface area contributed by atoms with Crippen molar-refractivity contribution < 1.29 is 9.18 Å². The molecule has 0 aliphatic carbocycles. The smallest absolute Gasteiger partial charge is 0.242 e. The minimum absolute atomic E-state index is 0.0408. The van der Waals surface area contributed by atoms with E-state index in [1.54, 1.807) is 13.0 Å². The number of unbranched alkanes of at least 4 members (excludes halogenated alkanes) is 2. The van der Waals surface area contributed by atoms with Crippen LogP contribution in [0.25, 0.3) is 0 Å². The zero-order valence-corrected chi connectivity index (χ0v) is 13.8. The van der Waals surface area contributed by atoms with E-state index in [9.17, 15) is 9.18 Å². The van der Waals surface area contributed by atoms with Gasteiger partial charge in [-0.1, -0.05) is 19.8 Å². The van der Waals surface area contributed by atoms with E-state index in [4.69, 9.17) is 0 Å². The van der Waals surface area contributed by atoms with Gasteiger partial charge in [0, 0.05) is 12.2 Å². The molecule has 0 saturated carbocycles. The molecule has 1 unspecified atom stereocenters. The molecule has 1 amide bonds. The maximum Gasteiger partial charge on any atom is 0.242 e. The number of anilines is 1. The number of benzene rings is 1. The molecule has 1 atom stereocenters. The average Bonchev–Trinajstić information content (AvgIpc) is 2.40. The first-order valence-electron chi connectivity index (χ1n) is 6.95. The number of nitrogens with one attached hydrogen (secondary N) is 2. The second kappa shape index (κ2) is 8.25. The fraction of sp³-hybridized carbons (Fsp3) is 0.533. The fourth-order valence-corrected chi connectivity index (χ4v) is 2.18. The summed E-state index contributed by atoms with van der Waals surface area (Å²) in [6.07, 6.45) is 3.24. The first kappa shape index (κ1) is 17.0. The highest BCUT2D eigenvalue weighted by Gasteiger charge is 2.14. The molecule has 1 aromatic rings. The summed E-state index contributed by atoms with van der Waals surface area (Å²) in [5, 5.41) is 6.01. The number of hydrogen-bond donors (Lipinski definition) is 2. The SMILES string of the molecule is CCCCCNC(=O)C(C)Nc1cc(Br)c(F)cc1C. The van der Waals surface area contributed by atoms with Gasteiger partial charge in [-0.2, -0.15) is 0 Å². The molecular weight excluding hydrogens is 323 g/mol. The predicted molar refractivity (Wildman–Crippen MR) is 84.5 cm³/mol. The van der Waals surface area contributed by atoms with E-state index in [1.165, 1.54) is 6.07 Å². The lowest BCUT2D eigenvalue weighted by Gasteiger charge is -2.17. The van der Waals surface area contributed by atoms with Crippen LogP contribution in [0.15, 0.2) is 16.6 Å². The molecule has 5 heteroatoms. The normalized spacial score (nSPS) is 12.1. The molecule has 0 radical (unpaired) electrons. The van der Waals surface area contributed by atoms with Crippen molar-refractivity contribution in [2.75, 3.05) is 11.9 Å². The fourth-order valence-electron chi connectivity index (χ4n) is 1.84. The van der Waals surface area contributed by atoms with Gasteiger partial charge in [0.1, 0.15) is 11.9 Å². The Kier molecular flexibility index (Phi) is 6.99. The van der Waals surface area contributed by atoms with Gasteiger partial charge in [0.25, 0.3) is 0 Å². The van der Waals surface area contributed by atoms with E-state index in [0.29, 0.717) is 11.0 Å². The third kappa shape index (κ3) is 5.12. The number of halogens is 2. The minimum Gasteiger partial charge on any atom is -0.374 e. The minimum atomic E-state index is -0.354. The predicted octanol–water partition coefficient (Wildman–Crippen LogP) is 4.00. The maximum atomic E-state index is 13.3. The first-order chi connectivity index (χ1) is 9.45.